The van der Waals surface area contributed by atoms with E-state index < -0.39 is 17.6 Å². The number of esters is 1. The van der Waals surface area contributed by atoms with Crippen LogP contribution in [-0.4, -0.2) is 28.7 Å². The number of unbranched alkanes of at least 4 members (excludes halogenated alkanes) is 1. The number of benzene rings is 6. The molecule has 1 unspecified atom stereocenters. The molecule has 1 atom stereocenters. The highest BCUT2D eigenvalue weighted by atomic mass is 16.5. The predicted octanol–water partition coefficient (Wildman–Crippen LogP) is 10.7. The molecule has 6 aromatic carbocycles. The number of carbonyl (C=O) groups is 2. The maximum Gasteiger partial charge on any atom is 0.329 e. The molecule has 0 spiro atoms. The van der Waals surface area contributed by atoms with Crippen molar-refractivity contribution in [2.45, 2.75) is 64.8 Å². The third kappa shape index (κ3) is 9.64. The molecule has 6 rings (SSSR count). The van der Waals surface area contributed by atoms with Crippen LogP contribution in [-0.2, 0) is 33.0 Å². The summed E-state index contributed by atoms with van der Waals surface area (Å²) in [5.41, 5.74) is 6.20. The van der Waals surface area contributed by atoms with Gasteiger partial charge < -0.3 is 15.5 Å². The van der Waals surface area contributed by atoms with Gasteiger partial charge in [0, 0.05) is 18.5 Å². The highest BCUT2D eigenvalue weighted by molar-refractivity contribution is 6.05. The van der Waals surface area contributed by atoms with Gasteiger partial charge >= 0.3 is 5.97 Å². The normalized spacial score (nSPS) is 12.4. The maximum atomic E-state index is 13.8. The van der Waals surface area contributed by atoms with Crippen molar-refractivity contribution in [3.05, 3.63) is 203 Å². The van der Waals surface area contributed by atoms with Crippen LogP contribution in [0.4, 0.5) is 0 Å². The lowest BCUT2D eigenvalue weighted by atomic mass is 9.77. The van der Waals surface area contributed by atoms with Gasteiger partial charge in [0.25, 0.3) is 0 Å². The Labute approximate surface area is 342 Å². The fourth-order valence-electron chi connectivity index (χ4n) is 7.38. The average molecular weight is 770 g/mol. The molecule has 58 heavy (non-hydrogen) atoms. The van der Waals surface area contributed by atoms with Crippen LogP contribution in [0.3, 0.4) is 0 Å². The Hall–Kier alpha value is -6.67. The van der Waals surface area contributed by atoms with Crippen molar-refractivity contribution in [1.29, 1.82) is 0 Å². The highest BCUT2D eigenvalue weighted by Gasteiger charge is 2.37. The lowest BCUT2D eigenvalue weighted by molar-refractivity contribution is -0.159. The van der Waals surface area contributed by atoms with Crippen molar-refractivity contribution in [3.63, 3.8) is 0 Å². The molecule has 8 nitrogen and oxygen atoms in total. The number of carbonyl (C=O) groups excluding carboxylic acids is 2. The van der Waals surface area contributed by atoms with Gasteiger partial charge in [-0.2, -0.15) is 0 Å². The van der Waals surface area contributed by atoms with Gasteiger partial charge in [-0.05, 0) is 51.3 Å². The van der Waals surface area contributed by atoms with Crippen LogP contribution in [0, 0.1) is 5.92 Å². The molecule has 0 aliphatic heterocycles. The standard InChI is InChI=1S/C50H51N5O3/c1-4-5-30-46(56)55(47(37(2)3)49(57)58-36-39-20-10-6-11-21-39)35-38-31-33-40(34-32-38)44-28-18-19-29-45(44)48(53-54-51)52-50(41-22-12-7-13-23-41,42-24-14-8-15-25-42)43-26-16-9-17-27-43/h6-29,31-34,37,47H,4-5,30,35-36H2,1-3H3,(H2,51,52,53). The van der Waals surface area contributed by atoms with E-state index in [0.29, 0.717) is 12.3 Å². The van der Waals surface area contributed by atoms with Crippen molar-refractivity contribution in [2.75, 3.05) is 0 Å². The zero-order valence-electron chi connectivity index (χ0n) is 33.4. The van der Waals surface area contributed by atoms with Crippen LogP contribution in [0.2, 0.25) is 0 Å². The minimum atomic E-state index is -0.993. The van der Waals surface area contributed by atoms with Crippen LogP contribution in [0.25, 0.3) is 11.1 Å². The Morgan fingerprint density at radius 1 is 0.672 bits per heavy atom. The molecular weight excluding hydrogens is 719 g/mol. The SMILES string of the molecule is CCCCC(=O)N(Cc1ccc(-c2ccccc2C(N=NN)=NC(c2ccccc2)(c2ccccc2)c2ccccc2)cc1)C(C(=O)OCc1ccccc1)C(C)C. The first-order valence-corrected chi connectivity index (χ1v) is 19.9. The summed E-state index contributed by atoms with van der Waals surface area (Å²) in [5.74, 6) is 5.56. The fraction of sp³-hybridized carbons (Fsp3) is 0.220. The van der Waals surface area contributed by atoms with Crippen LogP contribution >= 0.6 is 0 Å². The zero-order chi connectivity index (χ0) is 40.7. The van der Waals surface area contributed by atoms with Gasteiger partial charge in [0.2, 0.25) is 5.91 Å². The predicted molar refractivity (Wildman–Crippen MR) is 232 cm³/mol. The maximum absolute atomic E-state index is 13.8. The van der Waals surface area contributed by atoms with Gasteiger partial charge in [-0.15, -0.1) is 5.11 Å². The van der Waals surface area contributed by atoms with Gasteiger partial charge in [0.05, 0.1) is 0 Å². The van der Waals surface area contributed by atoms with Crippen molar-refractivity contribution < 1.29 is 14.3 Å². The number of aliphatic imine (C=N–C) groups is 1. The van der Waals surface area contributed by atoms with Crippen molar-refractivity contribution in [1.82, 2.24) is 4.90 Å². The fourth-order valence-corrected chi connectivity index (χ4v) is 7.38. The second-order valence-corrected chi connectivity index (χ2v) is 14.6. The van der Waals surface area contributed by atoms with E-state index in [1.807, 2.05) is 147 Å². The number of nitrogens with two attached hydrogens (primary N) is 1. The molecule has 0 saturated carbocycles. The number of hydrogen-bond donors (Lipinski definition) is 1. The molecule has 0 saturated heterocycles. The van der Waals surface area contributed by atoms with Crippen molar-refractivity contribution >= 4 is 17.7 Å². The molecule has 294 valence electrons. The molecule has 0 bridgehead atoms. The molecule has 0 aliphatic carbocycles. The molecule has 0 aliphatic rings. The molecule has 1 amide bonds. The minimum absolute atomic E-state index is 0.0710. The second-order valence-electron chi connectivity index (χ2n) is 14.6. The number of ether oxygens (including phenoxy) is 1. The number of rotatable bonds is 16. The van der Waals surface area contributed by atoms with E-state index in [9.17, 15) is 9.59 Å². The monoisotopic (exact) mass is 769 g/mol. The lowest BCUT2D eigenvalue weighted by Crippen LogP contribution is -2.48. The summed E-state index contributed by atoms with van der Waals surface area (Å²) in [7, 11) is 0. The molecule has 0 radical (unpaired) electrons. The third-order valence-corrected chi connectivity index (χ3v) is 10.3. The number of amides is 1. The first-order chi connectivity index (χ1) is 28.3. The molecule has 2 N–H and O–H groups in total. The smallest absolute Gasteiger partial charge is 0.329 e. The van der Waals surface area contributed by atoms with Crippen LogP contribution in [0.1, 0.15) is 73.4 Å². The summed E-state index contributed by atoms with van der Waals surface area (Å²) in [4.78, 5) is 34.7. The summed E-state index contributed by atoms with van der Waals surface area (Å²) < 4.78 is 5.81. The topological polar surface area (TPSA) is 110 Å². The number of nitrogens with zero attached hydrogens (tertiary/aromatic N) is 4. The highest BCUT2D eigenvalue weighted by Crippen LogP contribution is 2.42. The van der Waals surface area contributed by atoms with E-state index >= 15 is 0 Å². The van der Waals surface area contributed by atoms with Gasteiger partial charge in [-0.3, -0.25) is 4.79 Å². The van der Waals surface area contributed by atoms with E-state index in [2.05, 4.69) is 53.7 Å². The summed E-state index contributed by atoms with van der Waals surface area (Å²) in [5, 5.41) is 8.29. The van der Waals surface area contributed by atoms with Gasteiger partial charge in [0.1, 0.15) is 18.2 Å². The molecule has 0 aromatic heterocycles. The van der Waals surface area contributed by atoms with E-state index in [1.54, 1.807) is 4.90 Å². The van der Waals surface area contributed by atoms with Crippen LogP contribution < -0.4 is 5.84 Å². The molecule has 8 heteroatoms. The second kappa shape index (κ2) is 20.0. The average Bonchev–Trinajstić information content (AvgIpc) is 3.27. The Morgan fingerprint density at radius 3 is 1.71 bits per heavy atom. The Bertz CT molecular complexity index is 2180. The zero-order valence-corrected chi connectivity index (χ0v) is 33.4. The van der Waals surface area contributed by atoms with Crippen molar-refractivity contribution in [3.8, 4) is 11.1 Å². The Balaban J connectivity index is 1.38. The largest absolute Gasteiger partial charge is 0.459 e. The van der Waals surface area contributed by atoms with E-state index in [1.165, 1.54) is 0 Å². The van der Waals surface area contributed by atoms with E-state index in [-0.39, 0.29) is 25.0 Å². The van der Waals surface area contributed by atoms with Gasteiger partial charge in [-0.1, -0.05) is 202 Å². The Kier molecular flexibility index (Phi) is 14.1. The van der Waals surface area contributed by atoms with E-state index in [4.69, 9.17) is 15.6 Å². The number of hydrogen-bond acceptors (Lipinski definition) is 5. The summed E-state index contributed by atoms with van der Waals surface area (Å²) >= 11 is 0. The first kappa shape index (κ1) is 41.0. The Morgan fingerprint density at radius 2 is 1.19 bits per heavy atom. The minimum Gasteiger partial charge on any atom is -0.459 e. The number of amidine groups is 1. The van der Waals surface area contributed by atoms with Gasteiger partial charge in [0.15, 0.2) is 5.84 Å². The summed E-state index contributed by atoms with van der Waals surface area (Å²) in [6.07, 6.45) is 1.96. The first-order valence-electron chi connectivity index (χ1n) is 19.9. The molecule has 0 fully saturated rings. The molecular formula is C50H51N5O3. The molecule has 0 heterocycles. The molecule has 6 aromatic rings. The quantitative estimate of drug-likeness (QED) is 0.0201. The lowest BCUT2D eigenvalue weighted by Gasteiger charge is -2.33. The van der Waals surface area contributed by atoms with Gasteiger partial charge in [-0.25, -0.2) is 9.79 Å². The third-order valence-electron chi connectivity index (χ3n) is 10.3. The van der Waals surface area contributed by atoms with Crippen molar-refractivity contribution in [2.24, 2.45) is 27.1 Å². The summed E-state index contributed by atoms with van der Waals surface area (Å²) in [6.45, 7) is 6.36. The summed E-state index contributed by atoms with van der Waals surface area (Å²) in [6, 6.07) is 55.4. The van der Waals surface area contributed by atoms with Crippen LogP contribution in [0.15, 0.2) is 185 Å². The van der Waals surface area contributed by atoms with Crippen LogP contribution in [0.5, 0.6) is 0 Å². The van der Waals surface area contributed by atoms with E-state index in [0.717, 1.165) is 57.3 Å².